The monoisotopic (exact) mass is 330 g/mol. The number of nitrogens with two attached hydrogens (primary N) is 1. The molecule has 1 aromatic rings. The Morgan fingerprint density at radius 3 is 2.58 bits per heavy atom. The predicted octanol–water partition coefficient (Wildman–Crippen LogP) is 0.743. The number of hydrazine groups is 2. The molecule has 24 heavy (non-hydrogen) atoms. The highest BCUT2D eigenvalue weighted by Gasteiger charge is 2.44. The number of ketones is 2. The van der Waals surface area contributed by atoms with E-state index in [0.717, 1.165) is 0 Å². The lowest BCUT2D eigenvalue weighted by Gasteiger charge is -2.29. The Hall–Kier alpha value is -3.00. The van der Waals surface area contributed by atoms with Gasteiger partial charge in [-0.05, 0) is 36.8 Å². The summed E-state index contributed by atoms with van der Waals surface area (Å²) in [6, 6.07) is 3.76. The number of nitrogens with zero attached hydrogens (tertiary/aromatic N) is 1. The Bertz CT molecular complexity index is 757. The Balaban J connectivity index is 1.94. The number of allylic oxidation sites excluding steroid dienone is 3. The van der Waals surface area contributed by atoms with Crippen molar-refractivity contribution in [2.24, 2.45) is 11.8 Å². The number of rotatable bonds is 3. The fraction of sp³-hybridized carbons (Fsp3) is 0.188. The fourth-order valence-corrected chi connectivity index (χ4v) is 2.94. The van der Waals surface area contributed by atoms with Crippen molar-refractivity contribution < 1.29 is 18.8 Å². The molecule has 124 valence electrons. The molecule has 7 nitrogen and oxygen atoms in total. The minimum Gasteiger partial charge on any atom is -0.294 e. The molecule has 1 fully saturated rings. The maximum Gasteiger partial charge on any atom is 0.347 e. The van der Waals surface area contributed by atoms with Gasteiger partial charge in [-0.2, -0.15) is 0 Å². The normalized spacial score (nSPS) is 22.0. The molecule has 0 spiro atoms. The number of hydrogen-bond donors (Lipinski definition) is 3. The topological polar surface area (TPSA) is 105 Å². The molecule has 4 N–H and O–H groups in total. The molecule has 3 rings (SSSR count). The molecule has 0 aromatic heterocycles. The van der Waals surface area contributed by atoms with Crippen molar-refractivity contribution in [1.29, 1.82) is 0 Å². The highest BCUT2D eigenvalue weighted by Crippen LogP contribution is 2.35. The third-order valence-corrected chi connectivity index (χ3v) is 4.07. The third kappa shape index (κ3) is 2.79. The molecule has 0 heterocycles. The van der Waals surface area contributed by atoms with Crippen LogP contribution in [0.25, 0.3) is 0 Å². The van der Waals surface area contributed by atoms with E-state index < -0.39 is 23.8 Å². The minimum absolute atomic E-state index is 0.148. The van der Waals surface area contributed by atoms with Gasteiger partial charge in [0, 0.05) is 5.57 Å². The van der Waals surface area contributed by atoms with Gasteiger partial charge in [0.15, 0.2) is 11.6 Å². The van der Waals surface area contributed by atoms with Crippen molar-refractivity contribution in [3.05, 3.63) is 53.9 Å². The van der Waals surface area contributed by atoms with Crippen molar-refractivity contribution in [3.63, 3.8) is 0 Å². The summed E-state index contributed by atoms with van der Waals surface area (Å²) in [5.41, 5.74) is 5.18. The van der Waals surface area contributed by atoms with E-state index in [-0.39, 0.29) is 18.0 Å². The summed E-state index contributed by atoms with van der Waals surface area (Å²) in [6.45, 7) is 0. The zero-order valence-electron chi connectivity index (χ0n) is 12.5. The van der Waals surface area contributed by atoms with E-state index in [9.17, 15) is 18.8 Å². The standard InChI is InChI=1S/C16H15FN4O3/c17-9-4-6-10(7-5-9)21(20-16(24)19-18)13-8-12-11(15(13)23)2-1-3-14(12)22/h1-7,12-13H,8,18H2,(H2,19,20,24). The van der Waals surface area contributed by atoms with Crippen LogP contribution in [0.15, 0.2) is 48.1 Å². The minimum atomic E-state index is -0.784. The molecule has 1 aromatic carbocycles. The summed E-state index contributed by atoms with van der Waals surface area (Å²) < 4.78 is 13.2. The van der Waals surface area contributed by atoms with E-state index in [1.165, 1.54) is 41.4 Å². The fourth-order valence-electron chi connectivity index (χ4n) is 2.94. The van der Waals surface area contributed by atoms with Gasteiger partial charge >= 0.3 is 6.03 Å². The number of Topliss-reactive ketones (excluding diaryl/α,β-unsaturated/α-hetero) is 1. The van der Waals surface area contributed by atoms with Crippen molar-refractivity contribution in [1.82, 2.24) is 10.9 Å². The van der Waals surface area contributed by atoms with Crippen LogP contribution in [0.2, 0.25) is 0 Å². The molecule has 2 amide bonds. The van der Waals surface area contributed by atoms with Crippen LogP contribution in [0.1, 0.15) is 6.42 Å². The maximum atomic E-state index is 13.2. The second-order valence-corrected chi connectivity index (χ2v) is 5.48. The number of amides is 2. The zero-order chi connectivity index (χ0) is 17.3. The first kappa shape index (κ1) is 15.9. The number of benzene rings is 1. The van der Waals surface area contributed by atoms with E-state index in [4.69, 9.17) is 5.84 Å². The first-order valence-corrected chi connectivity index (χ1v) is 7.29. The van der Waals surface area contributed by atoms with Gasteiger partial charge in [-0.1, -0.05) is 12.2 Å². The number of hydrogen-bond acceptors (Lipinski definition) is 5. The largest absolute Gasteiger partial charge is 0.347 e. The lowest BCUT2D eigenvalue weighted by atomic mass is 9.93. The molecule has 0 saturated heterocycles. The van der Waals surface area contributed by atoms with Crippen LogP contribution in [-0.4, -0.2) is 23.6 Å². The maximum absolute atomic E-state index is 13.2. The average Bonchev–Trinajstić information content (AvgIpc) is 2.92. The molecule has 0 bridgehead atoms. The predicted molar refractivity (Wildman–Crippen MR) is 83.9 cm³/mol. The number of carbonyl (C=O) groups is 3. The second kappa shape index (κ2) is 6.25. The average molecular weight is 330 g/mol. The molecule has 0 aliphatic heterocycles. The van der Waals surface area contributed by atoms with Crippen LogP contribution < -0.4 is 21.7 Å². The van der Waals surface area contributed by atoms with E-state index >= 15 is 0 Å². The third-order valence-electron chi connectivity index (χ3n) is 4.07. The lowest BCUT2D eigenvalue weighted by Crippen LogP contribution is -2.55. The van der Waals surface area contributed by atoms with Crippen molar-refractivity contribution in [2.45, 2.75) is 12.5 Å². The van der Waals surface area contributed by atoms with Crippen LogP contribution >= 0.6 is 0 Å². The quantitative estimate of drug-likeness (QED) is 0.431. The number of fused-ring (bicyclic) bond motifs is 1. The molecule has 0 radical (unpaired) electrons. The smallest absolute Gasteiger partial charge is 0.294 e. The van der Waals surface area contributed by atoms with Gasteiger partial charge in [-0.25, -0.2) is 20.5 Å². The SMILES string of the molecule is NNC(=O)NN(c1ccc(F)cc1)C1CC2C(=O)C=CC=C2C1=O. The molecule has 1 saturated carbocycles. The molecule has 8 heteroatoms. The molecular formula is C16H15FN4O3. The number of carbonyl (C=O) groups excluding carboxylic acids is 3. The summed E-state index contributed by atoms with van der Waals surface area (Å²) in [6.07, 6.45) is 4.79. The Kier molecular flexibility index (Phi) is 4.13. The van der Waals surface area contributed by atoms with Gasteiger partial charge in [-0.15, -0.1) is 0 Å². The van der Waals surface area contributed by atoms with Gasteiger partial charge in [0.1, 0.15) is 11.9 Å². The first-order valence-electron chi connectivity index (χ1n) is 7.29. The summed E-state index contributed by atoms with van der Waals surface area (Å²) in [5, 5.41) is 1.30. The van der Waals surface area contributed by atoms with Gasteiger partial charge in [-0.3, -0.25) is 20.0 Å². The Morgan fingerprint density at radius 1 is 1.25 bits per heavy atom. The molecule has 2 aliphatic carbocycles. The number of anilines is 1. The van der Waals surface area contributed by atoms with Crippen molar-refractivity contribution in [2.75, 3.05) is 5.01 Å². The summed E-state index contributed by atoms with van der Waals surface area (Å²) >= 11 is 0. The van der Waals surface area contributed by atoms with E-state index in [1.54, 1.807) is 6.08 Å². The Morgan fingerprint density at radius 2 is 1.96 bits per heavy atom. The molecule has 2 aliphatic rings. The van der Waals surface area contributed by atoms with Crippen molar-refractivity contribution >= 4 is 23.3 Å². The number of halogens is 1. The van der Waals surface area contributed by atoms with E-state index in [1.807, 2.05) is 5.43 Å². The van der Waals surface area contributed by atoms with Crippen LogP contribution in [0.3, 0.4) is 0 Å². The summed E-state index contributed by atoms with van der Waals surface area (Å²) in [4.78, 5) is 36.3. The first-order chi connectivity index (χ1) is 11.5. The lowest BCUT2D eigenvalue weighted by molar-refractivity contribution is -0.118. The van der Waals surface area contributed by atoms with Crippen LogP contribution in [0.5, 0.6) is 0 Å². The highest BCUT2D eigenvalue weighted by atomic mass is 19.1. The van der Waals surface area contributed by atoms with Gasteiger partial charge in [0.05, 0.1) is 11.6 Å². The van der Waals surface area contributed by atoms with Gasteiger partial charge in [0.25, 0.3) is 0 Å². The summed E-state index contributed by atoms with van der Waals surface area (Å²) in [7, 11) is 0. The van der Waals surface area contributed by atoms with E-state index in [0.29, 0.717) is 11.3 Å². The molecule has 2 atom stereocenters. The number of nitrogens with one attached hydrogen (secondary N) is 2. The zero-order valence-corrected chi connectivity index (χ0v) is 12.5. The summed E-state index contributed by atoms with van der Waals surface area (Å²) in [5.74, 6) is 3.70. The number of urea groups is 1. The van der Waals surface area contributed by atoms with Gasteiger partial charge in [0.2, 0.25) is 0 Å². The van der Waals surface area contributed by atoms with Crippen LogP contribution in [0, 0.1) is 11.7 Å². The van der Waals surface area contributed by atoms with E-state index in [2.05, 4.69) is 5.43 Å². The Labute approximate surface area is 136 Å². The van der Waals surface area contributed by atoms with Crippen molar-refractivity contribution in [3.8, 4) is 0 Å². The highest BCUT2D eigenvalue weighted by molar-refractivity contribution is 6.13. The van der Waals surface area contributed by atoms with Crippen LogP contribution in [-0.2, 0) is 9.59 Å². The van der Waals surface area contributed by atoms with Gasteiger partial charge < -0.3 is 0 Å². The van der Waals surface area contributed by atoms with Crippen LogP contribution in [0.4, 0.5) is 14.9 Å². The molecular weight excluding hydrogens is 315 g/mol. The molecule has 2 unspecified atom stereocenters. The second-order valence-electron chi connectivity index (χ2n) is 5.48.